The summed E-state index contributed by atoms with van der Waals surface area (Å²) in [6.07, 6.45) is -4.54. The number of rotatable bonds is 6. The van der Waals surface area contributed by atoms with Gasteiger partial charge in [-0.05, 0) is 25.0 Å². The average molecular weight is 301 g/mol. The molecule has 1 aromatic rings. The van der Waals surface area contributed by atoms with Crippen LogP contribution in [0.5, 0.6) is 0 Å². The fraction of sp³-hybridized carbons (Fsp3) is 0.571. The van der Waals surface area contributed by atoms with Gasteiger partial charge in [-0.2, -0.15) is 18.4 Å². The monoisotopic (exact) mass is 301 g/mol. The number of nitrogens with one attached hydrogen (secondary N) is 1. The molecule has 0 aliphatic rings. The predicted octanol–water partition coefficient (Wildman–Crippen LogP) is 3.45. The molecule has 0 radical (unpaired) electrons. The highest BCUT2D eigenvalue weighted by Gasteiger charge is 2.33. The Morgan fingerprint density at radius 2 is 2.05 bits per heavy atom. The summed E-state index contributed by atoms with van der Waals surface area (Å²) < 4.78 is 43.4. The molecular formula is C14H18F3N3O. The van der Waals surface area contributed by atoms with Crippen LogP contribution in [-0.2, 0) is 10.9 Å². The lowest BCUT2D eigenvalue weighted by atomic mass is 10.1. The number of halogens is 3. The van der Waals surface area contributed by atoms with Gasteiger partial charge in [-0.3, -0.25) is 0 Å². The summed E-state index contributed by atoms with van der Waals surface area (Å²) in [5.74, 6) is 0.0464. The zero-order chi connectivity index (χ0) is 16.0. The minimum atomic E-state index is -4.54. The summed E-state index contributed by atoms with van der Waals surface area (Å²) in [5, 5.41) is 11.9. The first-order chi connectivity index (χ1) is 9.79. The highest BCUT2D eigenvalue weighted by Crippen LogP contribution is 2.29. The van der Waals surface area contributed by atoms with Crippen LogP contribution in [0.3, 0.4) is 0 Å². The molecular weight excluding hydrogens is 283 g/mol. The third-order valence-electron chi connectivity index (χ3n) is 2.93. The van der Waals surface area contributed by atoms with E-state index in [9.17, 15) is 13.2 Å². The maximum atomic E-state index is 12.7. The van der Waals surface area contributed by atoms with E-state index in [1.807, 2.05) is 26.8 Å². The summed E-state index contributed by atoms with van der Waals surface area (Å²) in [6.45, 7) is 6.50. The van der Waals surface area contributed by atoms with Gasteiger partial charge < -0.3 is 10.1 Å². The Kier molecular flexibility index (Phi) is 5.97. The van der Waals surface area contributed by atoms with Crippen LogP contribution in [0.4, 0.5) is 19.0 Å². The summed E-state index contributed by atoms with van der Waals surface area (Å²) in [5.41, 5.74) is -0.951. The van der Waals surface area contributed by atoms with E-state index < -0.39 is 11.9 Å². The lowest BCUT2D eigenvalue weighted by molar-refractivity contribution is -0.141. The number of anilines is 1. The van der Waals surface area contributed by atoms with Gasteiger partial charge in [0, 0.05) is 6.61 Å². The zero-order valence-electron chi connectivity index (χ0n) is 12.2. The Labute approximate surface area is 121 Å². The fourth-order valence-electron chi connectivity index (χ4n) is 1.64. The molecule has 0 aromatic carbocycles. The summed E-state index contributed by atoms with van der Waals surface area (Å²) in [4.78, 5) is 3.53. The molecule has 0 bridgehead atoms. The maximum Gasteiger partial charge on any atom is 0.433 e. The Balaban J connectivity index is 3.06. The SMILES string of the molecule is CCOCC(Nc1nc(C(F)(F)F)ccc1C#N)C(C)C. The first kappa shape index (κ1) is 17.2. The molecule has 0 saturated heterocycles. The summed E-state index contributed by atoms with van der Waals surface area (Å²) >= 11 is 0. The van der Waals surface area contributed by atoms with E-state index in [1.165, 1.54) is 0 Å². The lowest BCUT2D eigenvalue weighted by Gasteiger charge is -2.23. The molecule has 116 valence electrons. The quantitative estimate of drug-likeness (QED) is 0.874. The first-order valence-corrected chi connectivity index (χ1v) is 6.62. The number of pyridine rings is 1. The zero-order valence-corrected chi connectivity index (χ0v) is 12.2. The molecule has 1 heterocycles. The van der Waals surface area contributed by atoms with Crippen LogP contribution in [0, 0.1) is 17.2 Å². The van der Waals surface area contributed by atoms with E-state index in [1.54, 1.807) is 0 Å². The van der Waals surface area contributed by atoms with E-state index >= 15 is 0 Å². The molecule has 0 aliphatic heterocycles. The van der Waals surface area contributed by atoms with Crippen LogP contribution in [-0.4, -0.2) is 24.2 Å². The molecule has 0 spiro atoms. The van der Waals surface area contributed by atoms with Crippen LogP contribution in [0.1, 0.15) is 32.0 Å². The Morgan fingerprint density at radius 3 is 2.52 bits per heavy atom. The van der Waals surface area contributed by atoms with Crippen molar-refractivity contribution >= 4 is 5.82 Å². The van der Waals surface area contributed by atoms with Crippen molar-refractivity contribution in [1.29, 1.82) is 5.26 Å². The molecule has 4 nitrogen and oxygen atoms in total. The standard InChI is InChI=1S/C14H18F3N3O/c1-4-21-8-11(9(2)3)19-13-10(7-18)5-6-12(20-13)14(15,16)17/h5-6,9,11H,4,8H2,1-3H3,(H,19,20). The third-order valence-corrected chi connectivity index (χ3v) is 2.93. The van der Waals surface area contributed by atoms with Gasteiger partial charge in [-0.25, -0.2) is 4.98 Å². The van der Waals surface area contributed by atoms with Crippen molar-refractivity contribution in [1.82, 2.24) is 4.98 Å². The smallest absolute Gasteiger partial charge is 0.380 e. The van der Waals surface area contributed by atoms with Crippen LogP contribution in [0.15, 0.2) is 12.1 Å². The highest BCUT2D eigenvalue weighted by molar-refractivity contribution is 5.53. The lowest BCUT2D eigenvalue weighted by Crippen LogP contribution is -2.32. The highest BCUT2D eigenvalue weighted by atomic mass is 19.4. The van der Waals surface area contributed by atoms with E-state index in [-0.39, 0.29) is 23.3 Å². The fourth-order valence-corrected chi connectivity index (χ4v) is 1.64. The Hall–Kier alpha value is -1.81. The van der Waals surface area contributed by atoms with Gasteiger partial charge in [-0.15, -0.1) is 0 Å². The van der Waals surface area contributed by atoms with Gasteiger partial charge >= 0.3 is 6.18 Å². The molecule has 0 saturated carbocycles. The van der Waals surface area contributed by atoms with E-state index in [2.05, 4.69) is 10.3 Å². The summed E-state index contributed by atoms with van der Waals surface area (Å²) in [7, 11) is 0. The van der Waals surface area contributed by atoms with Crippen molar-refractivity contribution in [3.63, 3.8) is 0 Å². The second-order valence-electron chi connectivity index (χ2n) is 4.86. The number of aromatic nitrogens is 1. The van der Waals surface area contributed by atoms with Crippen molar-refractivity contribution in [3.05, 3.63) is 23.4 Å². The molecule has 1 N–H and O–H groups in total. The van der Waals surface area contributed by atoms with Gasteiger partial charge in [0.15, 0.2) is 0 Å². The second kappa shape index (κ2) is 7.27. The molecule has 7 heteroatoms. The van der Waals surface area contributed by atoms with Gasteiger partial charge in [0.25, 0.3) is 0 Å². The van der Waals surface area contributed by atoms with Crippen LogP contribution < -0.4 is 5.32 Å². The normalized spacial score (nSPS) is 13.0. The molecule has 0 aliphatic carbocycles. The van der Waals surface area contributed by atoms with Gasteiger partial charge in [-0.1, -0.05) is 13.8 Å². The number of nitriles is 1. The van der Waals surface area contributed by atoms with Crippen molar-refractivity contribution < 1.29 is 17.9 Å². The van der Waals surface area contributed by atoms with Gasteiger partial charge in [0.1, 0.15) is 17.6 Å². The van der Waals surface area contributed by atoms with Crippen molar-refractivity contribution in [2.24, 2.45) is 5.92 Å². The topological polar surface area (TPSA) is 57.9 Å². The van der Waals surface area contributed by atoms with E-state index in [0.29, 0.717) is 13.2 Å². The molecule has 1 unspecified atom stereocenters. The molecule has 21 heavy (non-hydrogen) atoms. The van der Waals surface area contributed by atoms with Crippen LogP contribution >= 0.6 is 0 Å². The van der Waals surface area contributed by atoms with Crippen molar-refractivity contribution in [2.45, 2.75) is 33.0 Å². The van der Waals surface area contributed by atoms with Crippen molar-refractivity contribution in [3.8, 4) is 6.07 Å². The molecule has 0 fully saturated rings. The molecule has 1 atom stereocenters. The van der Waals surface area contributed by atoms with Crippen LogP contribution in [0.2, 0.25) is 0 Å². The maximum absolute atomic E-state index is 12.7. The van der Waals surface area contributed by atoms with E-state index in [0.717, 1.165) is 12.1 Å². The molecule has 0 amide bonds. The number of hydrogen-bond donors (Lipinski definition) is 1. The predicted molar refractivity (Wildman–Crippen MR) is 72.7 cm³/mol. The van der Waals surface area contributed by atoms with E-state index in [4.69, 9.17) is 10.00 Å². The Morgan fingerprint density at radius 1 is 1.38 bits per heavy atom. The Bertz CT molecular complexity index is 509. The third kappa shape index (κ3) is 4.90. The van der Waals surface area contributed by atoms with Gasteiger partial charge in [0.2, 0.25) is 0 Å². The summed E-state index contributed by atoms with van der Waals surface area (Å²) in [6, 6.07) is 3.54. The number of nitrogens with zero attached hydrogens (tertiary/aromatic N) is 2. The number of alkyl halides is 3. The molecule has 1 rings (SSSR count). The van der Waals surface area contributed by atoms with Gasteiger partial charge in [0.05, 0.1) is 18.2 Å². The number of hydrogen-bond acceptors (Lipinski definition) is 4. The van der Waals surface area contributed by atoms with Crippen LogP contribution in [0.25, 0.3) is 0 Å². The number of ether oxygens (including phenoxy) is 1. The van der Waals surface area contributed by atoms with Crippen molar-refractivity contribution in [2.75, 3.05) is 18.5 Å². The first-order valence-electron chi connectivity index (χ1n) is 6.62. The molecule has 1 aromatic heterocycles. The minimum Gasteiger partial charge on any atom is -0.380 e. The average Bonchev–Trinajstić information content (AvgIpc) is 2.41. The second-order valence-corrected chi connectivity index (χ2v) is 4.86. The minimum absolute atomic E-state index is 0.0641. The largest absolute Gasteiger partial charge is 0.433 e.